The van der Waals surface area contributed by atoms with Gasteiger partial charge in [0.25, 0.3) is 5.91 Å². The number of amides is 1. The molecule has 0 aliphatic rings. The van der Waals surface area contributed by atoms with Crippen LogP contribution in [0, 0.1) is 24.1 Å². The van der Waals surface area contributed by atoms with E-state index in [1.165, 1.54) is 24.4 Å². The van der Waals surface area contributed by atoms with Crippen LogP contribution in [-0.4, -0.2) is 10.9 Å². The number of carbonyl (C=O) groups is 1. The molecule has 3 N–H and O–H groups in total. The van der Waals surface area contributed by atoms with Gasteiger partial charge in [0.05, 0.1) is 34.4 Å². The Morgan fingerprint density at radius 1 is 1.45 bits per heavy atom. The van der Waals surface area contributed by atoms with E-state index in [-0.39, 0.29) is 11.3 Å². The Kier molecular flexibility index (Phi) is 3.62. The number of nitrogens with one attached hydrogen (secondary N) is 1. The predicted molar refractivity (Wildman–Crippen MR) is 72.5 cm³/mol. The number of hydrogen-bond donors (Lipinski definition) is 2. The largest absolute Gasteiger partial charge is 0.397 e. The normalized spacial score (nSPS) is 9.85. The first kappa shape index (κ1) is 13.5. The SMILES string of the molecule is Cc1ncc(N)cc1C(=O)Nc1ccc(F)cc1C#N. The van der Waals surface area contributed by atoms with Crippen LogP contribution >= 0.6 is 0 Å². The van der Waals surface area contributed by atoms with Crippen LogP contribution < -0.4 is 11.1 Å². The zero-order valence-electron chi connectivity index (χ0n) is 10.6. The van der Waals surface area contributed by atoms with E-state index in [1.807, 2.05) is 6.07 Å². The van der Waals surface area contributed by atoms with E-state index >= 15 is 0 Å². The minimum Gasteiger partial charge on any atom is -0.397 e. The molecule has 0 radical (unpaired) electrons. The molecule has 0 fully saturated rings. The van der Waals surface area contributed by atoms with Gasteiger partial charge in [-0.1, -0.05) is 0 Å². The van der Waals surface area contributed by atoms with E-state index < -0.39 is 11.7 Å². The molecule has 1 aromatic carbocycles. The number of rotatable bonds is 2. The Labute approximate surface area is 114 Å². The number of hydrogen-bond acceptors (Lipinski definition) is 4. The van der Waals surface area contributed by atoms with Gasteiger partial charge in [0.1, 0.15) is 11.9 Å². The summed E-state index contributed by atoms with van der Waals surface area (Å²) in [6, 6.07) is 6.87. The number of nitrogen functional groups attached to an aromatic ring is 1. The lowest BCUT2D eigenvalue weighted by molar-refractivity contribution is 0.102. The van der Waals surface area contributed by atoms with Crippen molar-refractivity contribution in [2.24, 2.45) is 0 Å². The lowest BCUT2D eigenvalue weighted by Gasteiger charge is -2.09. The van der Waals surface area contributed by atoms with Crippen molar-refractivity contribution in [3.8, 4) is 6.07 Å². The molecule has 0 bridgehead atoms. The van der Waals surface area contributed by atoms with Gasteiger partial charge in [0.2, 0.25) is 0 Å². The zero-order valence-corrected chi connectivity index (χ0v) is 10.6. The number of aryl methyl sites for hydroxylation is 1. The molecule has 100 valence electrons. The fraction of sp³-hybridized carbons (Fsp3) is 0.0714. The van der Waals surface area contributed by atoms with E-state index in [9.17, 15) is 9.18 Å². The van der Waals surface area contributed by atoms with Crippen LogP contribution in [-0.2, 0) is 0 Å². The second kappa shape index (κ2) is 5.36. The first-order valence-corrected chi connectivity index (χ1v) is 5.74. The summed E-state index contributed by atoms with van der Waals surface area (Å²) >= 11 is 0. The van der Waals surface area contributed by atoms with E-state index in [1.54, 1.807) is 6.92 Å². The maximum atomic E-state index is 13.0. The third-order valence-electron chi connectivity index (χ3n) is 2.70. The fourth-order valence-corrected chi connectivity index (χ4v) is 1.69. The van der Waals surface area contributed by atoms with Gasteiger partial charge in [-0.3, -0.25) is 9.78 Å². The Hall–Kier alpha value is -2.94. The van der Waals surface area contributed by atoms with Gasteiger partial charge < -0.3 is 11.1 Å². The summed E-state index contributed by atoms with van der Waals surface area (Å²) in [6.07, 6.45) is 1.45. The van der Waals surface area contributed by atoms with E-state index in [4.69, 9.17) is 11.0 Å². The monoisotopic (exact) mass is 270 g/mol. The molecule has 0 atom stereocenters. The molecule has 1 heterocycles. The number of nitriles is 1. The second-order valence-electron chi connectivity index (χ2n) is 4.16. The van der Waals surface area contributed by atoms with Crippen LogP contribution in [0.2, 0.25) is 0 Å². The highest BCUT2D eigenvalue weighted by molar-refractivity contribution is 6.06. The Morgan fingerprint density at radius 2 is 2.20 bits per heavy atom. The third-order valence-corrected chi connectivity index (χ3v) is 2.70. The molecule has 0 unspecified atom stereocenters. The van der Waals surface area contributed by atoms with Gasteiger partial charge in [0, 0.05) is 0 Å². The number of nitrogens with two attached hydrogens (primary N) is 1. The van der Waals surface area contributed by atoms with Gasteiger partial charge in [-0.15, -0.1) is 0 Å². The summed E-state index contributed by atoms with van der Waals surface area (Å²) < 4.78 is 13.0. The number of anilines is 2. The molecule has 0 aliphatic carbocycles. The molecular formula is C14H11FN4O. The van der Waals surface area contributed by atoms with Crippen LogP contribution in [0.5, 0.6) is 0 Å². The molecule has 0 aliphatic heterocycles. The third kappa shape index (κ3) is 2.72. The lowest BCUT2D eigenvalue weighted by Crippen LogP contribution is -2.15. The van der Waals surface area contributed by atoms with Gasteiger partial charge in [-0.2, -0.15) is 5.26 Å². The minimum absolute atomic E-state index is 0.0489. The van der Waals surface area contributed by atoms with E-state index in [0.717, 1.165) is 6.07 Å². The molecule has 0 saturated carbocycles. The Morgan fingerprint density at radius 3 is 2.90 bits per heavy atom. The molecule has 2 rings (SSSR count). The molecule has 6 heteroatoms. The van der Waals surface area contributed by atoms with Crippen molar-refractivity contribution in [1.29, 1.82) is 5.26 Å². The van der Waals surface area contributed by atoms with Crippen molar-refractivity contribution in [3.63, 3.8) is 0 Å². The number of nitrogens with zero attached hydrogens (tertiary/aromatic N) is 2. The van der Waals surface area contributed by atoms with E-state index in [0.29, 0.717) is 16.9 Å². The van der Waals surface area contributed by atoms with Crippen LogP contribution in [0.15, 0.2) is 30.5 Å². The van der Waals surface area contributed by atoms with Crippen molar-refractivity contribution < 1.29 is 9.18 Å². The first-order chi connectivity index (χ1) is 9.51. The number of pyridine rings is 1. The van der Waals surface area contributed by atoms with Crippen LogP contribution in [0.3, 0.4) is 0 Å². The second-order valence-corrected chi connectivity index (χ2v) is 4.16. The lowest BCUT2D eigenvalue weighted by atomic mass is 10.1. The summed E-state index contributed by atoms with van der Waals surface area (Å²) in [7, 11) is 0. The highest BCUT2D eigenvalue weighted by Crippen LogP contribution is 2.18. The van der Waals surface area contributed by atoms with Crippen molar-refractivity contribution in [3.05, 3.63) is 53.1 Å². The molecule has 1 amide bonds. The van der Waals surface area contributed by atoms with Gasteiger partial charge >= 0.3 is 0 Å². The van der Waals surface area contributed by atoms with Crippen molar-refractivity contribution >= 4 is 17.3 Å². The minimum atomic E-state index is -0.540. The quantitative estimate of drug-likeness (QED) is 0.875. The van der Waals surface area contributed by atoms with Crippen LogP contribution in [0.1, 0.15) is 21.6 Å². The van der Waals surface area contributed by atoms with Crippen LogP contribution in [0.4, 0.5) is 15.8 Å². The number of halogens is 1. The summed E-state index contributed by atoms with van der Waals surface area (Å²) in [4.78, 5) is 16.1. The average molecular weight is 270 g/mol. The molecule has 1 aromatic heterocycles. The number of aromatic nitrogens is 1. The maximum Gasteiger partial charge on any atom is 0.257 e. The highest BCUT2D eigenvalue weighted by Gasteiger charge is 2.13. The van der Waals surface area contributed by atoms with Crippen molar-refractivity contribution in [2.75, 3.05) is 11.1 Å². The molecule has 20 heavy (non-hydrogen) atoms. The first-order valence-electron chi connectivity index (χ1n) is 5.74. The topological polar surface area (TPSA) is 91.8 Å². The summed E-state index contributed by atoms with van der Waals surface area (Å²) in [5, 5.41) is 11.5. The molecule has 0 spiro atoms. The van der Waals surface area contributed by atoms with Gasteiger partial charge in [-0.25, -0.2) is 4.39 Å². The number of benzene rings is 1. The summed E-state index contributed by atoms with van der Waals surface area (Å²) in [5.41, 5.74) is 7.05. The predicted octanol–water partition coefficient (Wildman–Crippen LogP) is 2.24. The summed E-state index contributed by atoms with van der Waals surface area (Å²) in [6.45, 7) is 1.67. The fourth-order valence-electron chi connectivity index (χ4n) is 1.69. The Bertz CT molecular complexity index is 722. The summed E-state index contributed by atoms with van der Waals surface area (Å²) in [5.74, 6) is -0.994. The van der Waals surface area contributed by atoms with Crippen molar-refractivity contribution in [1.82, 2.24) is 4.98 Å². The molecule has 2 aromatic rings. The zero-order chi connectivity index (χ0) is 14.7. The standard InChI is InChI=1S/C14H11FN4O/c1-8-12(5-11(17)7-18-8)14(20)19-13-3-2-10(15)4-9(13)6-16/h2-5,7H,17H2,1H3,(H,19,20). The van der Waals surface area contributed by atoms with Gasteiger partial charge in [0.15, 0.2) is 0 Å². The molecule has 0 saturated heterocycles. The van der Waals surface area contributed by atoms with Gasteiger partial charge in [-0.05, 0) is 31.2 Å². The molecule has 5 nitrogen and oxygen atoms in total. The average Bonchev–Trinajstić information content (AvgIpc) is 2.43. The van der Waals surface area contributed by atoms with Crippen molar-refractivity contribution in [2.45, 2.75) is 6.92 Å². The Balaban J connectivity index is 2.33. The van der Waals surface area contributed by atoms with E-state index in [2.05, 4.69) is 10.3 Å². The highest BCUT2D eigenvalue weighted by atomic mass is 19.1. The smallest absolute Gasteiger partial charge is 0.257 e. The molecular weight excluding hydrogens is 259 g/mol. The maximum absolute atomic E-state index is 13.0. The number of carbonyl (C=O) groups excluding carboxylic acids is 1. The van der Waals surface area contributed by atoms with Crippen LogP contribution in [0.25, 0.3) is 0 Å².